The molecule has 3 aromatic carbocycles. The molecule has 0 aliphatic rings. The molecule has 5 nitrogen and oxygen atoms in total. The third-order valence-electron chi connectivity index (χ3n) is 5.03. The number of halogens is 1. The fourth-order valence-corrected chi connectivity index (χ4v) is 3.68. The predicted molar refractivity (Wildman–Crippen MR) is 109 cm³/mol. The van der Waals surface area contributed by atoms with E-state index >= 15 is 0 Å². The third-order valence-corrected chi connectivity index (χ3v) is 5.03. The number of aromatic amines is 1. The van der Waals surface area contributed by atoms with Gasteiger partial charge in [0.15, 0.2) is 0 Å². The van der Waals surface area contributed by atoms with Crippen molar-refractivity contribution in [2.75, 3.05) is 0 Å². The Hall–Kier alpha value is -3.80. The maximum atomic E-state index is 13.7. The van der Waals surface area contributed by atoms with Crippen molar-refractivity contribution in [2.45, 2.75) is 13.5 Å². The summed E-state index contributed by atoms with van der Waals surface area (Å²) in [4.78, 5) is 16.6. The van der Waals surface area contributed by atoms with Gasteiger partial charge >= 0.3 is 11.5 Å². The third kappa shape index (κ3) is 2.99. The van der Waals surface area contributed by atoms with E-state index in [0.29, 0.717) is 17.0 Å². The standard InChI is InChI=1S/C23H17FN4O/c1-15-6-4-8-17(12-15)21-25-22-19-10-2-3-11-20(19)27(23(29)28(22)26-21)14-16-7-5-9-18(24)13-16/h2-13H,14H2,1H3/p+1. The van der Waals surface area contributed by atoms with Crippen LogP contribution in [0.25, 0.3) is 27.9 Å². The maximum Gasteiger partial charge on any atom is 0.423 e. The fraction of sp³-hybridized carbons (Fsp3) is 0.0870. The molecule has 0 amide bonds. The first-order chi connectivity index (χ1) is 14.1. The average molecular weight is 385 g/mol. The molecule has 0 spiro atoms. The van der Waals surface area contributed by atoms with Crippen molar-refractivity contribution in [3.8, 4) is 11.4 Å². The zero-order chi connectivity index (χ0) is 20.0. The molecule has 1 N–H and O–H groups in total. The quantitative estimate of drug-likeness (QED) is 0.476. The van der Waals surface area contributed by atoms with Crippen LogP contribution in [0.2, 0.25) is 0 Å². The lowest BCUT2D eigenvalue weighted by Crippen LogP contribution is -2.29. The maximum absolute atomic E-state index is 13.7. The number of aromatic nitrogens is 4. The van der Waals surface area contributed by atoms with Crippen LogP contribution in [0.15, 0.2) is 77.6 Å². The highest BCUT2D eigenvalue weighted by Crippen LogP contribution is 2.19. The first-order valence-corrected chi connectivity index (χ1v) is 9.35. The van der Waals surface area contributed by atoms with E-state index in [1.807, 2.05) is 61.5 Å². The van der Waals surface area contributed by atoms with Gasteiger partial charge in [-0.1, -0.05) is 42.0 Å². The summed E-state index contributed by atoms with van der Waals surface area (Å²) in [5.41, 5.74) is 3.86. The van der Waals surface area contributed by atoms with Gasteiger partial charge in [0.2, 0.25) is 0 Å². The van der Waals surface area contributed by atoms with Crippen LogP contribution in [0, 0.1) is 12.7 Å². The molecule has 0 unspecified atom stereocenters. The molecule has 0 saturated heterocycles. The Morgan fingerprint density at radius 1 is 1.00 bits per heavy atom. The van der Waals surface area contributed by atoms with Gasteiger partial charge in [0.1, 0.15) is 5.82 Å². The van der Waals surface area contributed by atoms with Gasteiger partial charge in [-0.25, -0.2) is 14.2 Å². The van der Waals surface area contributed by atoms with Crippen LogP contribution in [0.1, 0.15) is 11.1 Å². The highest BCUT2D eigenvalue weighted by Gasteiger charge is 2.22. The molecule has 0 aliphatic heterocycles. The van der Waals surface area contributed by atoms with Crippen molar-refractivity contribution >= 4 is 16.6 Å². The van der Waals surface area contributed by atoms with Crippen molar-refractivity contribution in [1.82, 2.24) is 14.2 Å². The van der Waals surface area contributed by atoms with Gasteiger partial charge in [-0.2, -0.15) is 0 Å². The minimum atomic E-state index is -0.324. The van der Waals surface area contributed by atoms with Gasteiger partial charge in [0, 0.05) is 0 Å². The van der Waals surface area contributed by atoms with Gasteiger partial charge in [0.25, 0.3) is 5.65 Å². The first kappa shape index (κ1) is 17.3. The van der Waals surface area contributed by atoms with E-state index < -0.39 is 0 Å². The number of nitrogens with zero attached hydrogens (tertiary/aromatic N) is 3. The second-order valence-electron chi connectivity index (χ2n) is 7.12. The number of para-hydroxylation sites is 1. The summed E-state index contributed by atoms with van der Waals surface area (Å²) in [5.74, 6) is 0.301. The number of aryl methyl sites for hydroxylation is 1. The van der Waals surface area contributed by atoms with Crippen molar-refractivity contribution in [2.24, 2.45) is 0 Å². The lowest BCUT2D eigenvalue weighted by atomic mass is 10.1. The lowest BCUT2D eigenvalue weighted by Gasteiger charge is -2.08. The Labute approximate surface area is 165 Å². The summed E-state index contributed by atoms with van der Waals surface area (Å²) in [6.45, 7) is 2.27. The largest absolute Gasteiger partial charge is 0.423 e. The summed E-state index contributed by atoms with van der Waals surface area (Å²) in [6, 6.07) is 21.9. The van der Waals surface area contributed by atoms with E-state index in [2.05, 4.69) is 10.1 Å². The van der Waals surface area contributed by atoms with Crippen molar-refractivity contribution in [3.05, 3.63) is 100 Å². The molecule has 6 heteroatoms. The Morgan fingerprint density at radius 3 is 2.66 bits per heavy atom. The molecule has 0 atom stereocenters. The zero-order valence-electron chi connectivity index (χ0n) is 15.8. The van der Waals surface area contributed by atoms with Gasteiger partial charge in [-0.15, -0.1) is 0 Å². The van der Waals surface area contributed by atoms with Gasteiger partial charge in [0.05, 0.1) is 28.1 Å². The second-order valence-corrected chi connectivity index (χ2v) is 7.12. The van der Waals surface area contributed by atoms with E-state index in [-0.39, 0.29) is 18.1 Å². The average Bonchev–Trinajstić information content (AvgIpc) is 3.17. The molecule has 2 heterocycles. The minimum Gasteiger partial charge on any atom is -0.273 e. The molecule has 0 radical (unpaired) electrons. The normalized spacial score (nSPS) is 11.4. The van der Waals surface area contributed by atoms with Crippen molar-refractivity contribution < 1.29 is 9.37 Å². The molecule has 0 aliphatic carbocycles. The molecule has 0 fully saturated rings. The number of hydrogen-bond acceptors (Lipinski definition) is 2. The SMILES string of the molecule is Cc1cccc(-c2nn3c(=O)n(Cc4cccc(F)c4)c4ccccc4c3[nH+]2)c1. The highest BCUT2D eigenvalue weighted by molar-refractivity contribution is 5.90. The van der Waals surface area contributed by atoms with E-state index in [1.54, 1.807) is 10.6 Å². The van der Waals surface area contributed by atoms with E-state index in [4.69, 9.17) is 0 Å². The smallest absolute Gasteiger partial charge is 0.273 e. The van der Waals surface area contributed by atoms with Crippen LogP contribution in [-0.4, -0.2) is 14.2 Å². The summed E-state index contributed by atoms with van der Waals surface area (Å²) in [6.07, 6.45) is 0. The predicted octanol–water partition coefficient (Wildman–Crippen LogP) is 3.63. The lowest BCUT2D eigenvalue weighted by molar-refractivity contribution is -0.331. The topological polar surface area (TPSA) is 53.4 Å². The molecular formula is C23H18FN4O+. The van der Waals surface area contributed by atoms with E-state index in [0.717, 1.165) is 22.0 Å². The van der Waals surface area contributed by atoms with Crippen LogP contribution in [-0.2, 0) is 6.54 Å². The molecule has 5 rings (SSSR count). The molecule has 0 saturated carbocycles. The number of hydrogen-bond donors (Lipinski definition) is 0. The van der Waals surface area contributed by atoms with Gasteiger partial charge < -0.3 is 0 Å². The Morgan fingerprint density at radius 2 is 1.83 bits per heavy atom. The number of H-pyrrole nitrogens is 1. The van der Waals surface area contributed by atoms with Crippen LogP contribution in [0.3, 0.4) is 0 Å². The number of fused-ring (bicyclic) bond motifs is 3. The summed E-state index contributed by atoms with van der Waals surface area (Å²) in [5, 5.41) is 5.42. The summed E-state index contributed by atoms with van der Waals surface area (Å²) >= 11 is 0. The summed E-state index contributed by atoms with van der Waals surface area (Å²) in [7, 11) is 0. The summed E-state index contributed by atoms with van der Waals surface area (Å²) < 4.78 is 16.7. The van der Waals surface area contributed by atoms with E-state index in [9.17, 15) is 9.18 Å². The Balaban J connectivity index is 1.77. The van der Waals surface area contributed by atoms with Crippen LogP contribution >= 0.6 is 0 Å². The van der Waals surface area contributed by atoms with Gasteiger partial charge in [-0.3, -0.25) is 4.57 Å². The monoisotopic (exact) mass is 385 g/mol. The molecule has 0 bridgehead atoms. The fourth-order valence-electron chi connectivity index (χ4n) is 3.68. The van der Waals surface area contributed by atoms with Gasteiger partial charge in [-0.05, 0) is 53.4 Å². The number of nitrogens with one attached hydrogen (secondary N) is 1. The second kappa shape index (κ2) is 6.67. The highest BCUT2D eigenvalue weighted by atomic mass is 19.1. The van der Waals surface area contributed by atoms with Crippen LogP contribution in [0.5, 0.6) is 0 Å². The minimum absolute atomic E-state index is 0.257. The van der Waals surface area contributed by atoms with Crippen LogP contribution < -0.4 is 10.7 Å². The van der Waals surface area contributed by atoms with E-state index in [1.165, 1.54) is 16.6 Å². The molecule has 2 aromatic heterocycles. The van der Waals surface area contributed by atoms with Crippen LogP contribution in [0.4, 0.5) is 4.39 Å². The first-order valence-electron chi connectivity index (χ1n) is 9.35. The number of rotatable bonds is 3. The van der Waals surface area contributed by atoms with Crippen molar-refractivity contribution in [3.63, 3.8) is 0 Å². The molecule has 29 heavy (non-hydrogen) atoms. The Bertz CT molecular complexity index is 1430. The zero-order valence-corrected chi connectivity index (χ0v) is 15.8. The number of benzene rings is 3. The Kier molecular flexibility index (Phi) is 3.98. The molecule has 5 aromatic rings. The molecular weight excluding hydrogens is 367 g/mol. The van der Waals surface area contributed by atoms with Crippen molar-refractivity contribution in [1.29, 1.82) is 0 Å². The molecule has 142 valence electrons.